The third-order valence-electron chi connectivity index (χ3n) is 5.69. The van der Waals surface area contributed by atoms with Crippen LogP contribution in [0, 0.1) is 6.92 Å². The van der Waals surface area contributed by atoms with Gasteiger partial charge in [0.15, 0.2) is 0 Å². The largest absolute Gasteiger partial charge is 0.459 e. The molecule has 1 unspecified atom stereocenters. The fourth-order valence-corrected chi connectivity index (χ4v) is 4.32. The van der Waals surface area contributed by atoms with Crippen molar-refractivity contribution < 1.29 is 14.0 Å². The summed E-state index contributed by atoms with van der Waals surface area (Å²) in [5.74, 6) is 0.348. The normalized spacial score (nSPS) is 21.6. The molecule has 0 bridgehead atoms. The van der Waals surface area contributed by atoms with E-state index in [1.807, 2.05) is 19.9 Å². The summed E-state index contributed by atoms with van der Waals surface area (Å²) in [5.41, 5.74) is 3.50. The maximum absolute atomic E-state index is 12.8. The molecule has 1 aromatic heterocycles. The first-order chi connectivity index (χ1) is 13.0. The van der Waals surface area contributed by atoms with Crippen molar-refractivity contribution in [1.82, 2.24) is 10.2 Å². The van der Waals surface area contributed by atoms with Crippen LogP contribution in [-0.2, 0) is 12.0 Å². The first-order valence-electron chi connectivity index (χ1n) is 9.21. The van der Waals surface area contributed by atoms with Gasteiger partial charge in [0.2, 0.25) is 0 Å². The topological polar surface area (TPSA) is 62.6 Å². The summed E-state index contributed by atoms with van der Waals surface area (Å²) in [5, 5.41) is 4.60. The Morgan fingerprint density at radius 2 is 1.81 bits per heavy atom. The quantitative estimate of drug-likeness (QED) is 0.712. The highest BCUT2D eigenvalue weighted by Gasteiger charge is 2.44. The number of hydrogen-bond acceptors (Lipinski definition) is 4. The molecule has 1 N–H and O–H groups in total. The van der Waals surface area contributed by atoms with Crippen molar-refractivity contribution >= 4 is 22.8 Å². The Labute approximate surface area is 157 Å². The number of imide groups is 1. The molecule has 3 heterocycles. The molecule has 0 radical (unpaired) electrons. The Kier molecular flexibility index (Phi) is 3.34. The van der Waals surface area contributed by atoms with Gasteiger partial charge in [0.1, 0.15) is 11.3 Å². The van der Waals surface area contributed by atoms with Crippen molar-refractivity contribution in [2.75, 3.05) is 13.1 Å². The number of furan rings is 1. The summed E-state index contributed by atoms with van der Waals surface area (Å²) >= 11 is 0. The number of rotatable bonds is 2. The van der Waals surface area contributed by atoms with E-state index in [9.17, 15) is 9.59 Å². The van der Waals surface area contributed by atoms with Crippen molar-refractivity contribution in [3.8, 4) is 0 Å². The molecule has 1 atom stereocenters. The predicted molar refractivity (Wildman–Crippen MR) is 102 cm³/mol. The van der Waals surface area contributed by atoms with E-state index < -0.39 is 5.54 Å². The molecule has 27 heavy (non-hydrogen) atoms. The fraction of sp³-hybridized carbons (Fsp3) is 0.273. The molecule has 2 aliphatic rings. The summed E-state index contributed by atoms with van der Waals surface area (Å²) in [6.07, 6.45) is 0.864. The van der Waals surface area contributed by atoms with Crippen LogP contribution in [0.25, 0.3) is 11.0 Å². The molecule has 2 amide bonds. The van der Waals surface area contributed by atoms with Crippen LogP contribution in [0.4, 0.5) is 0 Å². The van der Waals surface area contributed by atoms with Crippen molar-refractivity contribution in [2.24, 2.45) is 0 Å². The summed E-state index contributed by atoms with van der Waals surface area (Å²) in [7, 11) is 0. The lowest BCUT2D eigenvalue weighted by Gasteiger charge is -2.36. The molecule has 0 saturated carbocycles. The molecule has 0 aliphatic carbocycles. The van der Waals surface area contributed by atoms with Gasteiger partial charge in [-0.05, 0) is 44.0 Å². The Bertz CT molecular complexity index is 1080. The SMILES string of the molecule is Cc1ccc2c3c(oc2c1)C(C)(CN1C(=O)c2ccccc2C1=O)NCC3. The molecule has 2 aromatic carbocycles. The van der Waals surface area contributed by atoms with Crippen LogP contribution in [0.15, 0.2) is 46.9 Å². The highest BCUT2D eigenvalue weighted by Crippen LogP contribution is 2.38. The number of fused-ring (bicyclic) bond motifs is 4. The average molecular weight is 360 g/mol. The second kappa shape index (κ2) is 5.54. The zero-order chi connectivity index (χ0) is 18.8. The number of aryl methyl sites for hydroxylation is 1. The second-order valence-corrected chi connectivity index (χ2v) is 7.66. The lowest BCUT2D eigenvalue weighted by molar-refractivity contribution is 0.0590. The maximum atomic E-state index is 12.8. The molecular formula is C22H20N2O3. The number of nitrogens with zero attached hydrogens (tertiary/aromatic N) is 1. The Hall–Kier alpha value is -2.92. The summed E-state index contributed by atoms with van der Waals surface area (Å²) < 4.78 is 6.23. The molecular weight excluding hydrogens is 340 g/mol. The van der Waals surface area contributed by atoms with E-state index in [-0.39, 0.29) is 18.4 Å². The average Bonchev–Trinajstić information content (AvgIpc) is 3.14. The lowest BCUT2D eigenvalue weighted by Crippen LogP contribution is -2.53. The Balaban J connectivity index is 1.57. The van der Waals surface area contributed by atoms with E-state index in [4.69, 9.17) is 4.42 Å². The summed E-state index contributed by atoms with van der Waals surface area (Å²) in [6, 6.07) is 13.2. The van der Waals surface area contributed by atoms with Crippen molar-refractivity contribution in [1.29, 1.82) is 0 Å². The molecule has 5 heteroatoms. The second-order valence-electron chi connectivity index (χ2n) is 7.66. The van der Waals surface area contributed by atoms with E-state index in [0.717, 1.165) is 35.3 Å². The molecule has 5 nitrogen and oxygen atoms in total. The van der Waals surface area contributed by atoms with E-state index in [2.05, 4.69) is 17.4 Å². The molecule has 3 aromatic rings. The highest BCUT2D eigenvalue weighted by atomic mass is 16.3. The van der Waals surface area contributed by atoms with E-state index in [0.29, 0.717) is 11.1 Å². The number of carbonyl (C=O) groups excluding carboxylic acids is 2. The van der Waals surface area contributed by atoms with Gasteiger partial charge < -0.3 is 9.73 Å². The molecule has 2 aliphatic heterocycles. The first-order valence-corrected chi connectivity index (χ1v) is 9.21. The number of benzene rings is 2. The Morgan fingerprint density at radius 3 is 2.52 bits per heavy atom. The molecule has 136 valence electrons. The highest BCUT2D eigenvalue weighted by molar-refractivity contribution is 6.21. The summed E-state index contributed by atoms with van der Waals surface area (Å²) in [6.45, 7) is 5.06. The van der Waals surface area contributed by atoms with E-state index in [1.165, 1.54) is 10.5 Å². The standard InChI is InChI=1S/C22H20N2O3/c1-13-7-8-14-15-9-10-23-22(2,19(15)27-18(14)11-13)12-24-20(25)16-5-3-4-6-17(16)21(24)26/h3-8,11,23H,9-10,12H2,1-2H3. The van der Waals surface area contributed by atoms with Crippen LogP contribution in [-0.4, -0.2) is 29.8 Å². The molecule has 0 saturated heterocycles. The van der Waals surface area contributed by atoms with Gasteiger partial charge in [-0.15, -0.1) is 0 Å². The van der Waals surface area contributed by atoms with Gasteiger partial charge in [-0.2, -0.15) is 0 Å². The van der Waals surface area contributed by atoms with Crippen molar-refractivity contribution in [2.45, 2.75) is 25.8 Å². The smallest absolute Gasteiger partial charge is 0.261 e. The van der Waals surface area contributed by atoms with Gasteiger partial charge in [0, 0.05) is 17.5 Å². The van der Waals surface area contributed by atoms with Gasteiger partial charge in [0.05, 0.1) is 23.2 Å². The third kappa shape index (κ3) is 2.28. The predicted octanol–water partition coefficient (Wildman–Crippen LogP) is 3.40. The van der Waals surface area contributed by atoms with Gasteiger partial charge >= 0.3 is 0 Å². The third-order valence-corrected chi connectivity index (χ3v) is 5.69. The minimum absolute atomic E-state index is 0.238. The summed E-state index contributed by atoms with van der Waals surface area (Å²) in [4.78, 5) is 26.9. The number of carbonyl (C=O) groups is 2. The van der Waals surface area contributed by atoms with Gasteiger partial charge in [-0.1, -0.05) is 24.3 Å². The molecule has 0 fully saturated rings. The van der Waals surface area contributed by atoms with Crippen LogP contribution < -0.4 is 5.32 Å². The number of hydrogen-bond donors (Lipinski definition) is 1. The van der Waals surface area contributed by atoms with Crippen LogP contribution >= 0.6 is 0 Å². The van der Waals surface area contributed by atoms with E-state index in [1.54, 1.807) is 24.3 Å². The minimum Gasteiger partial charge on any atom is -0.459 e. The zero-order valence-electron chi connectivity index (χ0n) is 15.3. The van der Waals surface area contributed by atoms with Gasteiger partial charge in [-0.3, -0.25) is 14.5 Å². The maximum Gasteiger partial charge on any atom is 0.261 e. The van der Waals surface area contributed by atoms with Crippen LogP contribution in [0.3, 0.4) is 0 Å². The van der Waals surface area contributed by atoms with Crippen LogP contribution in [0.2, 0.25) is 0 Å². The van der Waals surface area contributed by atoms with Gasteiger partial charge in [-0.25, -0.2) is 0 Å². The minimum atomic E-state index is -0.617. The lowest BCUT2D eigenvalue weighted by atomic mass is 9.88. The zero-order valence-corrected chi connectivity index (χ0v) is 15.3. The van der Waals surface area contributed by atoms with Crippen LogP contribution in [0.1, 0.15) is 44.5 Å². The van der Waals surface area contributed by atoms with Crippen LogP contribution in [0.5, 0.6) is 0 Å². The number of amides is 2. The van der Waals surface area contributed by atoms with Gasteiger partial charge in [0.25, 0.3) is 11.8 Å². The molecule has 0 spiro atoms. The van der Waals surface area contributed by atoms with Crippen molar-refractivity contribution in [3.05, 3.63) is 70.5 Å². The van der Waals surface area contributed by atoms with E-state index >= 15 is 0 Å². The monoisotopic (exact) mass is 360 g/mol. The number of nitrogens with one attached hydrogen (secondary N) is 1. The Morgan fingerprint density at radius 1 is 1.11 bits per heavy atom. The fourth-order valence-electron chi connectivity index (χ4n) is 4.32. The first kappa shape index (κ1) is 16.3. The molecule has 5 rings (SSSR count). The van der Waals surface area contributed by atoms with Crippen molar-refractivity contribution in [3.63, 3.8) is 0 Å².